The van der Waals surface area contributed by atoms with E-state index < -0.39 is 11.9 Å². The first-order chi connectivity index (χ1) is 5.70. The molecule has 0 unspecified atom stereocenters. The van der Waals surface area contributed by atoms with Crippen LogP contribution in [0.25, 0.3) is 0 Å². The zero-order chi connectivity index (χ0) is 9.40. The molecule has 0 aliphatic heterocycles. The molecule has 0 saturated carbocycles. The van der Waals surface area contributed by atoms with E-state index in [1.54, 1.807) is 0 Å². The van der Waals surface area contributed by atoms with Crippen molar-refractivity contribution in [3.8, 4) is 0 Å². The van der Waals surface area contributed by atoms with Crippen LogP contribution < -0.4 is 0 Å². The minimum atomic E-state index is -0.885. The van der Waals surface area contributed by atoms with E-state index in [0.717, 1.165) is 12.2 Å². The van der Waals surface area contributed by atoms with E-state index in [2.05, 4.69) is 33.0 Å². The van der Waals surface area contributed by atoms with Gasteiger partial charge in [-0.1, -0.05) is 13.2 Å². The Bertz CT molecular complexity index is 174. The summed E-state index contributed by atoms with van der Waals surface area (Å²) in [6.45, 7) is 6.11. The Kier molecular flexibility index (Phi) is 5.24. The van der Waals surface area contributed by atoms with Gasteiger partial charge in [0.2, 0.25) is 0 Å². The van der Waals surface area contributed by atoms with Crippen molar-refractivity contribution in [2.75, 3.05) is 0 Å². The lowest BCUT2D eigenvalue weighted by atomic mass is 10.7. The summed E-state index contributed by atoms with van der Waals surface area (Å²) < 4.78 is 0. The van der Waals surface area contributed by atoms with Crippen molar-refractivity contribution in [2.45, 2.75) is 0 Å². The van der Waals surface area contributed by atoms with E-state index >= 15 is 0 Å². The summed E-state index contributed by atoms with van der Waals surface area (Å²) in [6.07, 6.45) is 1.66. The van der Waals surface area contributed by atoms with Crippen LogP contribution in [0.4, 0.5) is 0 Å². The number of carbonyl (C=O) groups is 2. The molecule has 0 heterocycles. The van der Waals surface area contributed by atoms with Crippen LogP contribution in [-0.2, 0) is 29.4 Å². The molecule has 0 fully saturated rings. The Morgan fingerprint density at radius 2 is 1.25 bits per heavy atom. The van der Waals surface area contributed by atoms with Gasteiger partial charge in [0.15, 0.2) is 0 Å². The highest BCUT2D eigenvalue weighted by atomic mass is 17.7. The fourth-order valence-electron chi connectivity index (χ4n) is 0.163. The number of hydrogen-bond acceptors (Lipinski definition) is 6. The maximum Gasteiger partial charge on any atom is 0.368 e. The van der Waals surface area contributed by atoms with Gasteiger partial charge in [-0.15, -0.1) is 0 Å². The van der Waals surface area contributed by atoms with Crippen molar-refractivity contribution in [3.63, 3.8) is 0 Å². The molecule has 12 heavy (non-hydrogen) atoms. The Hall–Kier alpha value is -1.66. The molecular weight excluding hydrogens is 168 g/mol. The van der Waals surface area contributed by atoms with Gasteiger partial charge in [-0.3, -0.25) is 9.78 Å². The summed E-state index contributed by atoms with van der Waals surface area (Å²) in [5, 5.41) is 7.29. The van der Waals surface area contributed by atoms with Crippen LogP contribution in [0.15, 0.2) is 25.3 Å². The van der Waals surface area contributed by atoms with Gasteiger partial charge in [-0.25, -0.2) is 9.59 Å². The molecule has 0 aromatic heterocycles. The van der Waals surface area contributed by atoms with Crippen molar-refractivity contribution in [1.29, 1.82) is 0 Å². The second-order valence-corrected chi connectivity index (χ2v) is 1.35. The Morgan fingerprint density at radius 1 is 0.917 bits per heavy atom. The lowest BCUT2D eigenvalue weighted by Gasteiger charge is -1.96. The highest BCUT2D eigenvalue weighted by Crippen LogP contribution is 1.87. The summed E-state index contributed by atoms with van der Waals surface area (Å²) in [7, 11) is 0. The van der Waals surface area contributed by atoms with Gasteiger partial charge >= 0.3 is 11.9 Å². The molecule has 0 bridgehead atoms. The maximum atomic E-state index is 10.2. The van der Waals surface area contributed by atoms with E-state index in [9.17, 15) is 9.59 Å². The molecule has 6 nitrogen and oxygen atoms in total. The van der Waals surface area contributed by atoms with Gasteiger partial charge in [-0.2, -0.15) is 0 Å². The Labute approximate surface area is 67.7 Å². The molecule has 0 amide bonds. The third-order valence-corrected chi connectivity index (χ3v) is 0.593. The van der Waals surface area contributed by atoms with Crippen LogP contribution in [0.2, 0.25) is 0 Å². The molecule has 0 saturated heterocycles. The third-order valence-electron chi connectivity index (χ3n) is 0.593. The van der Waals surface area contributed by atoms with Crippen LogP contribution in [0.3, 0.4) is 0 Å². The smallest absolute Gasteiger partial charge is 0.261 e. The SMILES string of the molecule is C=CC(=O)OOOOC(=O)C=C. The molecule has 0 aliphatic rings. The van der Waals surface area contributed by atoms with Gasteiger partial charge in [-0.05, 0) is 0 Å². The van der Waals surface area contributed by atoms with Crippen LogP contribution in [-0.4, -0.2) is 11.9 Å². The standard InChI is InChI=1S/C6H6O6/c1-3-5(7)9-11-12-10-6(8)4-2/h3-4H,1-2H2. The molecule has 0 aromatic rings. The van der Waals surface area contributed by atoms with E-state index in [1.807, 2.05) is 0 Å². The molecule has 0 aliphatic carbocycles. The second kappa shape index (κ2) is 6.08. The topological polar surface area (TPSA) is 71.1 Å². The molecule has 66 valence electrons. The van der Waals surface area contributed by atoms with Crippen LogP contribution in [0, 0.1) is 0 Å². The highest BCUT2D eigenvalue weighted by Gasteiger charge is 2.00. The summed E-state index contributed by atoms with van der Waals surface area (Å²) in [6, 6.07) is 0. The first-order valence-electron chi connectivity index (χ1n) is 2.71. The lowest BCUT2D eigenvalue weighted by Crippen LogP contribution is -2.06. The summed E-state index contributed by atoms with van der Waals surface area (Å²) in [5.41, 5.74) is 0. The molecule has 0 atom stereocenters. The van der Waals surface area contributed by atoms with Crippen molar-refractivity contribution in [2.24, 2.45) is 0 Å². The van der Waals surface area contributed by atoms with Crippen LogP contribution >= 0.6 is 0 Å². The van der Waals surface area contributed by atoms with Gasteiger partial charge < -0.3 is 0 Å². The van der Waals surface area contributed by atoms with Crippen molar-refractivity contribution < 1.29 is 29.4 Å². The Morgan fingerprint density at radius 3 is 1.50 bits per heavy atom. The van der Waals surface area contributed by atoms with Crippen molar-refractivity contribution in [1.82, 2.24) is 0 Å². The molecule has 0 radical (unpaired) electrons. The van der Waals surface area contributed by atoms with Crippen molar-refractivity contribution >= 4 is 11.9 Å². The third kappa shape index (κ3) is 5.15. The first-order valence-corrected chi connectivity index (χ1v) is 2.71. The zero-order valence-corrected chi connectivity index (χ0v) is 6.02. The minimum Gasteiger partial charge on any atom is -0.261 e. The number of carbonyl (C=O) groups excluding carboxylic acids is 2. The van der Waals surface area contributed by atoms with Gasteiger partial charge in [0.1, 0.15) is 0 Å². The highest BCUT2D eigenvalue weighted by molar-refractivity contribution is 5.81. The lowest BCUT2D eigenvalue weighted by molar-refractivity contribution is -0.598. The minimum absolute atomic E-state index is 0.832. The fraction of sp³-hybridized carbons (Fsp3) is 0. The molecule has 0 aromatic carbocycles. The van der Waals surface area contributed by atoms with E-state index in [4.69, 9.17) is 0 Å². The average molecular weight is 174 g/mol. The zero-order valence-electron chi connectivity index (χ0n) is 6.02. The second-order valence-electron chi connectivity index (χ2n) is 1.35. The molecule has 0 N–H and O–H groups in total. The average Bonchev–Trinajstić information content (AvgIpc) is 2.11. The maximum absolute atomic E-state index is 10.2. The normalized spacial score (nSPS) is 8.33. The largest absolute Gasteiger partial charge is 0.368 e. The predicted molar refractivity (Wildman–Crippen MR) is 34.7 cm³/mol. The Balaban J connectivity index is 3.32. The number of rotatable bonds is 5. The molecule has 6 heteroatoms. The molecule has 0 spiro atoms. The summed E-state index contributed by atoms with van der Waals surface area (Å²) >= 11 is 0. The summed E-state index contributed by atoms with van der Waals surface area (Å²) in [5.74, 6) is -1.77. The van der Waals surface area contributed by atoms with Gasteiger partial charge in [0.05, 0.1) is 0 Å². The van der Waals surface area contributed by atoms with Crippen molar-refractivity contribution in [3.05, 3.63) is 25.3 Å². The van der Waals surface area contributed by atoms with E-state index in [1.165, 1.54) is 0 Å². The summed E-state index contributed by atoms with van der Waals surface area (Å²) in [4.78, 5) is 28.0. The molecular formula is C6H6O6. The van der Waals surface area contributed by atoms with Gasteiger partial charge in [0.25, 0.3) is 0 Å². The van der Waals surface area contributed by atoms with E-state index in [-0.39, 0.29) is 0 Å². The molecule has 0 rings (SSSR count). The fourth-order valence-corrected chi connectivity index (χ4v) is 0.163. The van der Waals surface area contributed by atoms with E-state index in [0.29, 0.717) is 0 Å². The quantitative estimate of drug-likeness (QED) is 0.257. The van der Waals surface area contributed by atoms with Crippen LogP contribution in [0.1, 0.15) is 0 Å². The first kappa shape index (κ1) is 10.3. The van der Waals surface area contributed by atoms with Crippen LogP contribution in [0.5, 0.6) is 0 Å². The monoisotopic (exact) mass is 174 g/mol. The van der Waals surface area contributed by atoms with Gasteiger partial charge in [0, 0.05) is 22.2 Å². The predicted octanol–water partition coefficient (Wildman–Crippen LogP) is 0.223. The number of hydrogen-bond donors (Lipinski definition) is 0.